The molecule has 31 heavy (non-hydrogen) atoms. The third kappa shape index (κ3) is 14.9. The molecule has 1 rings (SSSR count). The third-order valence-electron chi connectivity index (χ3n) is 4.38. The molecule has 0 spiro atoms. The van der Waals surface area contributed by atoms with Gasteiger partial charge >= 0.3 is 18.0 Å². The highest BCUT2D eigenvalue weighted by molar-refractivity contribution is 5.91. The molecule has 0 fully saturated rings. The summed E-state index contributed by atoms with van der Waals surface area (Å²) in [6.45, 7) is 5.26. The molecule has 0 heterocycles. The van der Waals surface area contributed by atoms with Gasteiger partial charge in [-0.2, -0.15) is 0 Å². The first-order valence-corrected chi connectivity index (χ1v) is 11.0. The lowest BCUT2D eigenvalue weighted by Gasteiger charge is -2.09. The Kier molecular flexibility index (Phi) is 14.6. The van der Waals surface area contributed by atoms with Gasteiger partial charge in [0.1, 0.15) is 6.54 Å². The molecule has 0 aromatic heterocycles. The minimum absolute atomic E-state index is 0.157. The van der Waals surface area contributed by atoms with Crippen LogP contribution in [0.2, 0.25) is 0 Å². The predicted octanol–water partition coefficient (Wildman–Crippen LogP) is 3.83. The molecular formula is C23H36N2O6. The maximum absolute atomic E-state index is 11.9. The molecule has 0 aliphatic heterocycles. The van der Waals surface area contributed by atoms with Gasteiger partial charge in [0.15, 0.2) is 0 Å². The molecule has 174 valence electrons. The van der Waals surface area contributed by atoms with Crippen molar-refractivity contribution in [2.75, 3.05) is 38.3 Å². The van der Waals surface area contributed by atoms with Crippen LogP contribution in [0.4, 0.5) is 10.5 Å². The molecule has 8 nitrogen and oxygen atoms in total. The minimum atomic E-state index is -0.463. The number of anilines is 1. The summed E-state index contributed by atoms with van der Waals surface area (Å²) in [5, 5.41) is 5.20. The number of carbonyl (C=O) groups excluding carboxylic acids is 3. The molecule has 0 aliphatic rings. The monoisotopic (exact) mass is 436 g/mol. The van der Waals surface area contributed by atoms with Gasteiger partial charge in [0.05, 0.1) is 13.2 Å². The fraction of sp³-hybridized carbons (Fsp3) is 0.609. The van der Waals surface area contributed by atoms with Crippen LogP contribution in [-0.2, 0) is 30.2 Å². The van der Waals surface area contributed by atoms with Gasteiger partial charge in [-0.3, -0.25) is 9.59 Å². The first-order chi connectivity index (χ1) is 15.0. The van der Waals surface area contributed by atoms with E-state index in [0.29, 0.717) is 12.3 Å². The summed E-state index contributed by atoms with van der Waals surface area (Å²) in [4.78, 5) is 33.8. The number of ether oxygens (including phenoxy) is 3. The van der Waals surface area contributed by atoms with Crippen molar-refractivity contribution in [1.82, 2.24) is 5.32 Å². The third-order valence-corrected chi connectivity index (χ3v) is 4.38. The summed E-state index contributed by atoms with van der Waals surface area (Å²) < 4.78 is 15.3. The molecule has 0 saturated heterocycles. The Labute approximate surface area is 185 Å². The van der Waals surface area contributed by atoms with Crippen molar-refractivity contribution in [3.63, 3.8) is 0 Å². The number of aryl methyl sites for hydroxylation is 1. The number of nitrogens with one attached hydrogen (secondary N) is 2. The van der Waals surface area contributed by atoms with Crippen LogP contribution in [-0.4, -0.2) is 50.9 Å². The molecule has 0 aliphatic carbocycles. The van der Waals surface area contributed by atoms with E-state index in [9.17, 15) is 14.4 Å². The van der Waals surface area contributed by atoms with Crippen molar-refractivity contribution in [3.8, 4) is 0 Å². The summed E-state index contributed by atoms with van der Waals surface area (Å²) in [6.07, 6.45) is 6.92. The lowest BCUT2D eigenvalue weighted by Crippen LogP contribution is -2.34. The molecule has 0 saturated carbocycles. The van der Waals surface area contributed by atoms with Gasteiger partial charge in [0.2, 0.25) is 0 Å². The Morgan fingerprint density at radius 1 is 0.903 bits per heavy atom. The molecule has 2 N–H and O–H groups in total. The Balaban J connectivity index is 2.08. The maximum atomic E-state index is 11.9. The van der Waals surface area contributed by atoms with Crippen LogP contribution in [0.1, 0.15) is 57.9 Å². The molecule has 8 heteroatoms. The number of rotatable bonds is 16. The van der Waals surface area contributed by atoms with Gasteiger partial charge in [-0.25, -0.2) is 4.79 Å². The van der Waals surface area contributed by atoms with Gasteiger partial charge in [-0.05, 0) is 63.1 Å². The molecule has 1 aromatic rings. The van der Waals surface area contributed by atoms with Crippen LogP contribution in [0.3, 0.4) is 0 Å². The number of hydrogen-bond acceptors (Lipinski definition) is 6. The van der Waals surface area contributed by atoms with E-state index in [1.165, 1.54) is 6.92 Å². The van der Waals surface area contributed by atoms with Crippen LogP contribution in [0.15, 0.2) is 24.3 Å². The van der Waals surface area contributed by atoms with Crippen LogP contribution >= 0.6 is 0 Å². The smallest absolute Gasteiger partial charge is 0.325 e. The van der Waals surface area contributed by atoms with Crippen molar-refractivity contribution in [2.24, 2.45) is 0 Å². The standard InChI is InChI=1S/C23H36N2O6/c1-3-30-22(27)18-24-23(28)25-21-13-10-12-20(17-21)11-6-4-7-14-29-15-8-5-9-16-31-19(2)26/h10,12-13,17H,3-9,11,14-16,18H2,1-2H3,(H2,24,25,28). The van der Waals surface area contributed by atoms with Crippen molar-refractivity contribution in [3.05, 3.63) is 29.8 Å². The van der Waals surface area contributed by atoms with Gasteiger partial charge in [0, 0.05) is 25.8 Å². The number of unbranched alkanes of at least 4 members (excludes halogenated alkanes) is 4. The number of amides is 2. The molecular weight excluding hydrogens is 400 g/mol. The zero-order valence-corrected chi connectivity index (χ0v) is 18.7. The number of hydrogen-bond donors (Lipinski definition) is 2. The lowest BCUT2D eigenvalue weighted by atomic mass is 10.1. The highest BCUT2D eigenvalue weighted by Gasteiger charge is 2.06. The fourth-order valence-corrected chi connectivity index (χ4v) is 2.86. The van der Waals surface area contributed by atoms with Crippen LogP contribution in [0.5, 0.6) is 0 Å². The molecule has 0 atom stereocenters. The number of carbonyl (C=O) groups is 3. The SMILES string of the molecule is CCOC(=O)CNC(=O)Nc1cccc(CCCCCOCCCCCOC(C)=O)c1. The molecule has 1 aromatic carbocycles. The Morgan fingerprint density at radius 3 is 2.32 bits per heavy atom. The van der Waals surface area contributed by atoms with Crippen LogP contribution in [0.25, 0.3) is 0 Å². The van der Waals surface area contributed by atoms with E-state index in [2.05, 4.69) is 10.6 Å². The van der Waals surface area contributed by atoms with Crippen LogP contribution in [0, 0.1) is 0 Å². The summed E-state index contributed by atoms with van der Waals surface area (Å²) in [6, 6.07) is 7.26. The summed E-state index contributed by atoms with van der Waals surface area (Å²) in [5.41, 5.74) is 1.84. The second-order valence-corrected chi connectivity index (χ2v) is 7.14. The van der Waals surface area contributed by atoms with Gasteiger partial charge in [-0.1, -0.05) is 18.6 Å². The van der Waals surface area contributed by atoms with Crippen molar-refractivity contribution in [1.29, 1.82) is 0 Å². The maximum Gasteiger partial charge on any atom is 0.325 e. The fourth-order valence-electron chi connectivity index (χ4n) is 2.86. The zero-order chi connectivity index (χ0) is 22.7. The highest BCUT2D eigenvalue weighted by Crippen LogP contribution is 2.13. The van der Waals surface area contributed by atoms with Gasteiger partial charge < -0.3 is 24.8 Å². The highest BCUT2D eigenvalue weighted by atomic mass is 16.5. The Morgan fingerprint density at radius 2 is 1.61 bits per heavy atom. The quantitative estimate of drug-likeness (QED) is 0.302. The second-order valence-electron chi connectivity index (χ2n) is 7.14. The molecule has 0 unspecified atom stereocenters. The second kappa shape index (κ2) is 17.1. The van der Waals surface area contributed by atoms with Crippen LogP contribution < -0.4 is 10.6 Å². The minimum Gasteiger partial charge on any atom is -0.466 e. The largest absolute Gasteiger partial charge is 0.466 e. The van der Waals surface area contributed by atoms with E-state index < -0.39 is 12.0 Å². The lowest BCUT2D eigenvalue weighted by molar-refractivity contribution is -0.142. The first-order valence-electron chi connectivity index (χ1n) is 11.0. The average molecular weight is 437 g/mol. The normalized spacial score (nSPS) is 10.4. The topological polar surface area (TPSA) is 103 Å². The summed E-state index contributed by atoms with van der Waals surface area (Å²) >= 11 is 0. The number of benzene rings is 1. The summed E-state index contributed by atoms with van der Waals surface area (Å²) in [7, 11) is 0. The van der Waals surface area contributed by atoms with E-state index in [1.54, 1.807) is 6.92 Å². The van der Waals surface area contributed by atoms with E-state index in [1.807, 2.05) is 24.3 Å². The average Bonchev–Trinajstić information content (AvgIpc) is 2.73. The molecule has 0 radical (unpaired) electrons. The Hall–Kier alpha value is -2.61. The first kappa shape index (κ1) is 26.4. The predicted molar refractivity (Wildman–Crippen MR) is 119 cm³/mol. The molecule has 2 amide bonds. The molecule has 0 bridgehead atoms. The van der Waals surface area contributed by atoms with Crippen molar-refractivity contribution in [2.45, 2.75) is 58.8 Å². The zero-order valence-electron chi connectivity index (χ0n) is 18.7. The Bertz CT molecular complexity index is 665. The number of urea groups is 1. The number of esters is 2. The van der Waals surface area contributed by atoms with Crippen molar-refractivity contribution >= 4 is 23.7 Å². The van der Waals surface area contributed by atoms with E-state index >= 15 is 0 Å². The van der Waals surface area contributed by atoms with E-state index in [0.717, 1.165) is 63.7 Å². The van der Waals surface area contributed by atoms with Crippen molar-refractivity contribution < 1.29 is 28.6 Å². The summed E-state index contributed by atoms with van der Waals surface area (Å²) in [5.74, 6) is -0.689. The van der Waals surface area contributed by atoms with Gasteiger partial charge in [0.25, 0.3) is 0 Å². The van der Waals surface area contributed by atoms with E-state index in [-0.39, 0.29) is 19.1 Å². The van der Waals surface area contributed by atoms with E-state index in [4.69, 9.17) is 14.2 Å². The van der Waals surface area contributed by atoms with Gasteiger partial charge in [-0.15, -0.1) is 0 Å².